The molecule has 5 nitrogen and oxygen atoms in total. The molecule has 0 radical (unpaired) electrons. The van der Waals surface area contributed by atoms with Gasteiger partial charge < -0.3 is 15.0 Å². The molecule has 0 aliphatic heterocycles. The van der Waals surface area contributed by atoms with Gasteiger partial charge in [-0.25, -0.2) is 4.98 Å². The van der Waals surface area contributed by atoms with E-state index >= 15 is 0 Å². The van der Waals surface area contributed by atoms with Gasteiger partial charge in [-0.2, -0.15) is 0 Å². The number of nitrogens with zero attached hydrogens (tertiary/aromatic N) is 3. The number of imidazole rings is 1. The first-order chi connectivity index (χ1) is 11.8. The topological polar surface area (TPSA) is 66.0 Å². The van der Waals surface area contributed by atoms with Crippen LogP contribution in [0.2, 0.25) is 0 Å². The van der Waals surface area contributed by atoms with Gasteiger partial charge in [0, 0.05) is 11.8 Å². The SMILES string of the molecule is CC.Cc1c(OCCCN)ccnc1Cn1cnc2ccccc21. The number of pyridine rings is 1. The van der Waals surface area contributed by atoms with E-state index in [1.165, 1.54) is 0 Å². The van der Waals surface area contributed by atoms with Crippen molar-refractivity contribution >= 4 is 11.0 Å². The van der Waals surface area contributed by atoms with Crippen LogP contribution in [0.1, 0.15) is 31.5 Å². The standard InChI is InChI=1S/C17H20N4O.C2H6/c1-13-15(19-9-7-17(13)22-10-4-8-18)11-21-12-20-14-5-2-3-6-16(14)21;1-2/h2-3,5-7,9,12H,4,8,10-11,18H2,1H3;1-2H3. The summed E-state index contributed by atoms with van der Waals surface area (Å²) in [5, 5.41) is 0. The molecule has 128 valence electrons. The third-order valence-corrected chi connectivity index (χ3v) is 3.71. The highest BCUT2D eigenvalue weighted by atomic mass is 16.5. The summed E-state index contributed by atoms with van der Waals surface area (Å²) in [6, 6.07) is 10.0. The van der Waals surface area contributed by atoms with Crippen LogP contribution in [0, 0.1) is 6.92 Å². The second kappa shape index (κ2) is 9.03. The number of aromatic nitrogens is 3. The van der Waals surface area contributed by atoms with Gasteiger partial charge in [0.15, 0.2) is 0 Å². The van der Waals surface area contributed by atoms with Crippen LogP contribution < -0.4 is 10.5 Å². The lowest BCUT2D eigenvalue weighted by atomic mass is 10.2. The molecule has 0 saturated heterocycles. The first-order valence-corrected chi connectivity index (χ1v) is 8.47. The van der Waals surface area contributed by atoms with Gasteiger partial charge in [0.1, 0.15) is 5.75 Å². The molecule has 0 bridgehead atoms. The average Bonchev–Trinajstić information content (AvgIpc) is 3.03. The Bertz CT molecular complexity index is 767. The smallest absolute Gasteiger partial charge is 0.125 e. The molecule has 24 heavy (non-hydrogen) atoms. The molecule has 2 N–H and O–H groups in total. The van der Waals surface area contributed by atoms with Gasteiger partial charge in [0.05, 0.1) is 36.2 Å². The predicted molar refractivity (Wildman–Crippen MR) is 98.3 cm³/mol. The van der Waals surface area contributed by atoms with Gasteiger partial charge in [-0.05, 0) is 38.1 Å². The third-order valence-electron chi connectivity index (χ3n) is 3.71. The highest BCUT2D eigenvalue weighted by Gasteiger charge is 2.09. The maximum atomic E-state index is 5.78. The monoisotopic (exact) mass is 326 g/mol. The van der Waals surface area contributed by atoms with Gasteiger partial charge >= 0.3 is 0 Å². The quantitative estimate of drug-likeness (QED) is 0.704. The van der Waals surface area contributed by atoms with Gasteiger partial charge in [0.25, 0.3) is 0 Å². The van der Waals surface area contributed by atoms with E-state index < -0.39 is 0 Å². The fraction of sp³-hybridized carbons (Fsp3) is 0.368. The van der Waals surface area contributed by atoms with Crippen LogP contribution in [0.3, 0.4) is 0 Å². The molecule has 0 spiro atoms. The summed E-state index contributed by atoms with van der Waals surface area (Å²) in [5.74, 6) is 0.878. The van der Waals surface area contributed by atoms with Crippen molar-refractivity contribution in [1.82, 2.24) is 14.5 Å². The Balaban J connectivity index is 0.00000100. The van der Waals surface area contributed by atoms with E-state index in [0.717, 1.165) is 34.5 Å². The van der Waals surface area contributed by atoms with E-state index in [4.69, 9.17) is 10.5 Å². The molecule has 3 rings (SSSR count). The van der Waals surface area contributed by atoms with Crippen molar-refractivity contribution in [3.05, 3.63) is 54.1 Å². The van der Waals surface area contributed by atoms with Crippen LogP contribution in [0.15, 0.2) is 42.9 Å². The fourth-order valence-corrected chi connectivity index (χ4v) is 2.44. The maximum absolute atomic E-state index is 5.78. The van der Waals surface area contributed by atoms with Crippen LogP contribution in [-0.4, -0.2) is 27.7 Å². The number of para-hydroxylation sites is 2. The highest BCUT2D eigenvalue weighted by Crippen LogP contribution is 2.21. The van der Waals surface area contributed by atoms with E-state index in [1.807, 2.05) is 51.4 Å². The lowest BCUT2D eigenvalue weighted by molar-refractivity contribution is 0.310. The van der Waals surface area contributed by atoms with Crippen LogP contribution in [-0.2, 0) is 6.54 Å². The third kappa shape index (κ3) is 4.11. The molecule has 5 heteroatoms. The molecule has 2 heterocycles. The Morgan fingerprint density at radius 2 is 1.92 bits per heavy atom. The van der Waals surface area contributed by atoms with E-state index in [1.54, 1.807) is 6.20 Å². The summed E-state index contributed by atoms with van der Waals surface area (Å²) in [6.45, 7) is 7.99. The Labute approximate surface area is 143 Å². The van der Waals surface area contributed by atoms with Crippen LogP contribution in [0.5, 0.6) is 5.75 Å². The van der Waals surface area contributed by atoms with Crippen LogP contribution in [0.25, 0.3) is 11.0 Å². The van der Waals surface area contributed by atoms with Crippen LogP contribution in [0.4, 0.5) is 0 Å². The number of rotatable bonds is 6. The first kappa shape index (κ1) is 17.9. The van der Waals surface area contributed by atoms with Gasteiger partial charge in [-0.3, -0.25) is 4.98 Å². The van der Waals surface area contributed by atoms with Crippen molar-refractivity contribution in [3.63, 3.8) is 0 Å². The summed E-state index contributed by atoms with van der Waals surface area (Å²) in [4.78, 5) is 8.91. The lowest BCUT2D eigenvalue weighted by Gasteiger charge is -2.12. The number of hydrogen-bond donors (Lipinski definition) is 1. The van der Waals surface area contributed by atoms with Crippen molar-refractivity contribution in [2.75, 3.05) is 13.2 Å². The molecular weight excluding hydrogens is 300 g/mol. The molecule has 0 amide bonds. The van der Waals surface area contributed by atoms with Gasteiger partial charge in [-0.15, -0.1) is 0 Å². The Kier molecular flexibility index (Phi) is 6.75. The number of fused-ring (bicyclic) bond motifs is 1. The van der Waals surface area contributed by atoms with Crippen molar-refractivity contribution < 1.29 is 4.74 Å². The molecule has 0 aliphatic carbocycles. The Hall–Kier alpha value is -2.40. The van der Waals surface area contributed by atoms with Gasteiger partial charge in [-0.1, -0.05) is 26.0 Å². The number of ether oxygens (including phenoxy) is 1. The summed E-state index contributed by atoms with van der Waals surface area (Å²) in [6.07, 6.45) is 4.50. The molecule has 3 aromatic rings. The predicted octanol–water partition coefficient (Wildman–Crippen LogP) is 3.54. The lowest BCUT2D eigenvalue weighted by Crippen LogP contribution is -2.08. The number of nitrogens with two attached hydrogens (primary N) is 1. The van der Waals surface area contributed by atoms with Crippen molar-refractivity contribution in [1.29, 1.82) is 0 Å². The second-order valence-corrected chi connectivity index (χ2v) is 5.23. The molecule has 0 unspecified atom stereocenters. The van der Waals surface area contributed by atoms with Gasteiger partial charge in [0.2, 0.25) is 0 Å². The largest absolute Gasteiger partial charge is 0.493 e. The normalized spacial score (nSPS) is 10.3. The molecular formula is C19H26N4O. The Morgan fingerprint density at radius 1 is 1.12 bits per heavy atom. The average molecular weight is 326 g/mol. The minimum absolute atomic E-state index is 0.634. The molecule has 0 saturated carbocycles. The zero-order chi connectivity index (χ0) is 17.4. The molecule has 0 atom stereocenters. The van der Waals surface area contributed by atoms with E-state index in [-0.39, 0.29) is 0 Å². The summed E-state index contributed by atoms with van der Waals surface area (Å²) in [7, 11) is 0. The molecule has 1 aromatic carbocycles. The Morgan fingerprint density at radius 3 is 2.71 bits per heavy atom. The van der Waals surface area contributed by atoms with E-state index in [0.29, 0.717) is 19.7 Å². The summed E-state index contributed by atoms with van der Waals surface area (Å²) in [5.41, 5.74) is 9.67. The van der Waals surface area contributed by atoms with Crippen LogP contribution >= 0.6 is 0 Å². The van der Waals surface area contributed by atoms with E-state index in [2.05, 4.69) is 20.6 Å². The molecule has 2 aromatic heterocycles. The molecule has 0 fully saturated rings. The number of hydrogen-bond acceptors (Lipinski definition) is 4. The fourth-order valence-electron chi connectivity index (χ4n) is 2.44. The minimum atomic E-state index is 0.634. The molecule has 0 aliphatic rings. The van der Waals surface area contributed by atoms with Crippen molar-refractivity contribution in [2.24, 2.45) is 5.73 Å². The summed E-state index contributed by atoms with van der Waals surface area (Å²) < 4.78 is 7.89. The number of benzene rings is 1. The minimum Gasteiger partial charge on any atom is -0.493 e. The van der Waals surface area contributed by atoms with E-state index in [9.17, 15) is 0 Å². The maximum Gasteiger partial charge on any atom is 0.125 e. The highest BCUT2D eigenvalue weighted by molar-refractivity contribution is 5.75. The van der Waals surface area contributed by atoms with Crippen molar-refractivity contribution in [2.45, 2.75) is 33.7 Å². The van der Waals surface area contributed by atoms with Crippen molar-refractivity contribution in [3.8, 4) is 5.75 Å². The zero-order valence-corrected chi connectivity index (χ0v) is 14.7. The first-order valence-electron chi connectivity index (χ1n) is 8.47. The zero-order valence-electron chi connectivity index (χ0n) is 14.7. The summed E-state index contributed by atoms with van der Waals surface area (Å²) >= 11 is 0. The second-order valence-electron chi connectivity index (χ2n) is 5.23.